The number of carbonyl (C=O) groups excluding carboxylic acids is 1. The molecule has 2 atom stereocenters. The number of amides is 1. The van der Waals surface area contributed by atoms with Crippen LogP contribution in [0.3, 0.4) is 0 Å². The zero-order valence-corrected chi connectivity index (χ0v) is 12.4. The molecule has 3 rings (SSSR count). The molecule has 2 unspecified atom stereocenters. The van der Waals surface area contributed by atoms with Gasteiger partial charge in [0.25, 0.3) is 0 Å². The van der Waals surface area contributed by atoms with Crippen molar-refractivity contribution in [2.45, 2.75) is 6.04 Å². The number of hydrogen-bond donors (Lipinski definition) is 2. The highest BCUT2D eigenvalue weighted by Gasteiger charge is 2.31. The van der Waals surface area contributed by atoms with E-state index in [-0.39, 0.29) is 17.9 Å². The molecule has 0 saturated carbocycles. The van der Waals surface area contributed by atoms with Crippen LogP contribution >= 0.6 is 15.9 Å². The molecule has 0 aromatic heterocycles. The van der Waals surface area contributed by atoms with E-state index in [9.17, 15) is 4.79 Å². The summed E-state index contributed by atoms with van der Waals surface area (Å²) in [5.74, 6) is -0.361. The molecule has 3 N–H and O–H groups in total. The van der Waals surface area contributed by atoms with Crippen LogP contribution in [-0.2, 0) is 9.53 Å². The molecule has 1 fully saturated rings. The number of halogens is 1. The van der Waals surface area contributed by atoms with Crippen LogP contribution in [0.5, 0.6) is 0 Å². The molecule has 1 amide bonds. The average Bonchev–Trinajstić information content (AvgIpc) is 2.88. The van der Waals surface area contributed by atoms with Gasteiger partial charge in [0, 0.05) is 21.6 Å². The standard InChI is InChI=1S/C15H15BrN2O2/c16-12-5-6-14(10-4-2-1-3-9(10)12)18-15(19)11-7-20-8-13(11)17/h1-6,11,13H,7-8,17H2,(H,18,19). The van der Waals surface area contributed by atoms with Gasteiger partial charge in [-0.3, -0.25) is 4.79 Å². The van der Waals surface area contributed by atoms with Gasteiger partial charge in [-0.2, -0.15) is 0 Å². The molecule has 5 heteroatoms. The summed E-state index contributed by atoms with van der Waals surface area (Å²) in [7, 11) is 0. The Labute approximate surface area is 125 Å². The third-order valence-electron chi connectivity index (χ3n) is 3.59. The van der Waals surface area contributed by atoms with Gasteiger partial charge in [-0.15, -0.1) is 0 Å². The summed E-state index contributed by atoms with van der Waals surface area (Å²) in [6, 6.07) is 11.5. The summed E-state index contributed by atoms with van der Waals surface area (Å²) in [5, 5.41) is 5.03. The molecule has 2 aromatic rings. The number of fused-ring (bicyclic) bond motifs is 1. The zero-order valence-electron chi connectivity index (χ0n) is 10.8. The van der Waals surface area contributed by atoms with Crippen LogP contribution in [0.4, 0.5) is 5.69 Å². The Balaban J connectivity index is 1.91. The maximum atomic E-state index is 12.3. The van der Waals surface area contributed by atoms with Gasteiger partial charge in [0.2, 0.25) is 5.91 Å². The van der Waals surface area contributed by atoms with Crippen LogP contribution in [0, 0.1) is 5.92 Å². The summed E-state index contributed by atoms with van der Waals surface area (Å²) in [6.45, 7) is 0.834. The lowest BCUT2D eigenvalue weighted by atomic mass is 10.0. The molecule has 104 valence electrons. The smallest absolute Gasteiger partial charge is 0.231 e. The van der Waals surface area contributed by atoms with Crippen molar-refractivity contribution in [1.29, 1.82) is 0 Å². The van der Waals surface area contributed by atoms with E-state index in [4.69, 9.17) is 10.5 Å². The number of nitrogens with two attached hydrogens (primary N) is 1. The normalized spacial score (nSPS) is 22.1. The first kappa shape index (κ1) is 13.5. The van der Waals surface area contributed by atoms with E-state index in [2.05, 4.69) is 21.2 Å². The van der Waals surface area contributed by atoms with E-state index in [1.807, 2.05) is 36.4 Å². The van der Waals surface area contributed by atoms with E-state index >= 15 is 0 Å². The van der Waals surface area contributed by atoms with Crippen LogP contribution in [-0.4, -0.2) is 25.2 Å². The Morgan fingerprint density at radius 1 is 1.20 bits per heavy atom. The van der Waals surface area contributed by atoms with Crippen LogP contribution < -0.4 is 11.1 Å². The third-order valence-corrected chi connectivity index (χ3v) is 4.28. The fraction of sp³-hybridized carbons (Fsp3) is 0.267. The lowest BCUT2D eigenvalue weighted by Gasteiger charge is -2.15. The second kappa shape index (κ2) is 5.52. The molecule has 20 heavy (non-hydrogen) atoms. The summed E-state index contributed by atoms with van der Waals surface area (Å²) in [6.07, 6.45) is 0. The summed E-state index contributed by atoms with van der Waals surface area (Å²) >= 11 is 3.52. The number of benzene rings is 2. The molecule has 4 nitrogen and oxygen atoms in total. The Morgan fingerprint density at radius 2 is 1.95 bits per heavy atom. The van der Waals surface area contributed by atoms with Gasteiger partial charge in [-0.1, -0.05) is 40.2 Å². The predicted octanol–water partition coefficient (Wildman–Crippen LogP) is 2.51. The van der Waals surface area contributed by atoms with Gasteiger partial charge in [-0.05, 0) is 17.5 Å². The fourth-order valence-corrected chi connectivity index (χ4v) is 2.92. The predicted molar refractivity (Wildman–Crippen MR) is 82.6 cm³/mol. The molecule has 1 saturated heterocycles. The minimum atomic E-state index is -0.280. The monoisotopic (exact) mass is 334 g/mol. The first-order chi connectivity index (χ1) is 9.66. The Bertz CT molecular complexity index is 659. The van der Waals surface area contributed by atoms with Crippen LogP contribution in [0.2, 0.25) is 0 Å². The van der Waals surface area contributed by atoms with E-state index in [1.165, 1.54) is 0 Å². The zero-order chi connectivity index (χ0) is 14.1. The number of nitrogens with one attached hydrogen (secondary N) is 1. The number of carbonyl (C=O) groups is 1. The Morgan fingerprint density at radius 3 is 2.65 bits per heavy atom. The van der Waals surface area contributed by atoms with Crippen molar-refractivity contribution in [2.24, 2.45) is 11.7 Å². The largest absolute Gasteiger partial charge is 0.379 e. The lowest BCUT2D eigenvalue weighted by Crippen LogP contribution is -2.37. The molecule has 0 bridgehead atoms. The molecule has 0 aliphatic carbocycles. The van der Waals surface area contributed by atoms with Crippen molar-refractivity contribution in [3.63, 3.8) is 0 Å². The first-order valence-corrected chi connectivity index (χ1v) is 7.27. The van der Waals surface area contributed by atoms with Crippen molar-refractivity contribution in [1.82, 2.24) is 0 Å². The van der Waals surface area contributed by atoms with Crippen LogP contribution in [0.15, 0.2) is 40.9 Å². The number of ether oxygens (including phenoxy) is 1. The van der Waals surface area contributed by atoms with Crippen molar-refractivity contribution in [3.05, 3.63) is 40.9 Å². The molecular formula is C15H15BrN2O2. The van der Waals surface area contributed by atoms with Gasteiger partial charge >= 0.3 is 0 Å². The summed E-state index contributed by atoms with van der Waals surface area (Å²) < 4.78 is 6.25. The van der Waals surface area contributed by atoms with E-state index < -0.39 is 0 Å². The summed E-state index contributed by atoms with van der Waals surface area (Å²) in [4.78, 5) is 12.3. The first-order valence-electron chi connectivity index (χ1n) is 6.48. The highest BCUT2D eigenvalue weighted by Crippen LogP contribution is 2.30. The van der Waals surface area contributed by atoms with Crippen molar-refractivity contribution in [3.8, 4) is 0 Å². The van der Waals surface area contributed by atoms with E-state index in [1.54, 1.807) is 0 Å². The topological polar surface area (TPSA) is 64.3 Å². The highest BCUT2D eigenvalue weighted by atomic mass is 79.9. The van der Waals surface area contributed by atoms with Gasteiger partial charge in [0.15, 0.2) is 0 Å². The van der Waals surface area contributed by atoms with Gasteiger partial charge < -0.3 is 15.8 Å². The maximum Gasteiger partial charge on any atom is 0.231 e. The third kappa shape index (κ3) is 2.44. The molecular weight excluding hydrogens is 320 g/mol. The van der Waals surface area contributed by atoms with Crippen LogP contribution in [0.25, 0.3) is 10.8 Å². The molecule has 1 aliphatic heterocycles. The maximum absolute atomic E-state index is 12.3. The summed E-state index contributed by atoms with van der Waals surface area (Å²) in [5.41, 5.74) is 6.68. The second-order valence-electron chi connectivity index (χ2n) is 4.94. The Hall–Kier alpha value is -1.43. The SMILES string of the molecule is NC1COCC1C(=O)Nc1ccc(Br)c2ccccc12. The van der Waals surface area contributed by atoms with Gasteiger partial charge in [0.1, 0.15) is 0 Å². The molecule has 0 spiro atoms. The minimum Gasteiger partial charge on any atom is -0.379 e. The van der Waals surface area contributed by atoms with E-state index in [0.29, 0.717) is 13.2 Å². The average molecular weight is 335 g/mol. The minimum absolute atomic E-state index is 0.0810. The number of rotatable bonds is 2. The number of hydrogen-bond acceptors (Lipinski definition) is 3. The fourth-order valence-electron chi connectivity index (χ4n) is 2.44. The second-order valence-corrected chi connectivity index (χ2v) is 5.79. The van der Waals surface area contributed by atoms with E-state index in [0.717, 1.165) is 20.9 Å². The number of anilines is 1. The van der Waals surface area contributed by atoms with Crippen molar-refractivity contribution in [2.75, 3.05) is 18.5 Å². The molecule has 2 aromatic carbocycles. The molecule has 1 aliphatic rings. The van der Waals surface area contributed by atoms with Gasteiger partial charge in [0.05, 0.1) is 19.1 Å². The van der Waals surface area contributed by atoms with Crippen molar-refractivity contribution < 1.29 is 9.53 Å². The molecule has 1 heterocycles. The molecule has 0 radical (unpaired) electrons. The Kier molecular flexibility index (Phi) is 3.74. The highest BCUT2D eigenvalue weighted by molar-refractivity contribution is 9.10. The van der Waals surface area contributed by atoms with Crippen molar-refractivity contribution >= 4 is 38.3 Å². The van der Waals surface area contributed by atoms with Crippen LogP contribution in [0.1, 0.15) is 0 Å². The quantitative estimate of drug-likeness (QED) is 0.886. The lowest BCUT2D eigenvalue weighted by molar-refractivity contribution is -0.120. The van der Waals surface area contributed by atoms with Gasteiger partial charge in [-0.25, -0.2) is 0 Å².